The van der Waals surface area contributed by atoms with Gasteiger partial charge in [-0.05, 0) is 30.2 Å². The third-order valence-corrected chi connectivity index (χ3v) is 5.43. The molecular weight excluding hydrogens is 432 g/mol. The lowest BCUT2D eigenvalue weighted by molar-refractivity contribution is 0.277. The highest BCUT2D eigenvalue weighted by Crippen LogP contribution is 2.20. The van der Waals surface area contributed by atoms with Crippen LogP contribution in [0.15, 0.2) is 64.2 Å². The Bertz CT molecular complexity index is 1360. The van der Waals surface area contributed by atoms with E-state index in [1.165, 1.54) is 4.57 Å². The summed E-state index contributed by atoms with van der Waals surface area (Å²) in [6.45, 7) is 0.490. The molecule has 0 saturated carbocycles. The summed E-state index contributed by atoms with van der Waals surface area (Å²) in [7, 11) is 1.58. The Balaban J connectivity index is 1.85. The van der Waals surface area contributed by atoms with Gasteiger partial charge in [-0.25, -0.2) is 9.78 Å². The van der Waals surface area contributed by atoms with Gasteiger partial charge in [-0.2, -0.15) is 0 Å². The molecule has 2 heterocycles. The molecule has 0 atom stereocenters. The minimum absolute atomic E-state index is 0.0894. The zero-order valence-corrected chi connectivity index (χ0v) is 18.3. The van der Waals surface area contributed by atoms with Crippen molar-refractivity contribution in [3.8, 4) is 5.75 Å². The number of aromatic nitrogens is 4. The Morgan fingerprint density at radius 2 is 1.84 bits per heavy atom. The maximum atomic E-state index is 13.3. The molecule has 2 aromatic heterocycles. The van der Waals surface area contributed by atoms with Crippen molar-refractivity contribution in [2.75, 3.05) is 6.61 Å². The molecule has 0 aliphatic carbocycles. The van der Waals surface area contributed by atoms with Crippen LogP contribution in [-0.4, -0.2) is 30.4 Å². The molecule has 0 aliphatic rings. The van der Waals surface area contributed by atoms with Crippen molar-refractivity contribution in [2.24, 2.45) is 7.05 Å². The van der Waals surface area contributed by atoms with Crippen molar-refractivity contribution < 1.29 is 9.84 Å². The molecule has 9 heteroatoms. The van der Waals surface area contributed by atoms with Gasteiger partial charge in [0.1, 0.15) is 18.2 Å². The van der Waals surface area contributed by atoms with Gasteiger partial charge in [-0.3, -0.25) is 13.9 Å². The zero-order chi connectivity index (χ0) is 22.7. The van der Waals surface area contributed by atoms with E-state index in [4.69, 9.17) is 16.3 Å². The standard InChI is InChI=1S/C23H23ClN4O4/c1-26-21-20(22(30)27(23(26)31)11-6-12-29)28(14-16-7-3-2-4-8-16)19(25-21)15-32-18-10-5-9-17(24)13-18/h2-5,7-10,13,29H,6,11-12,14-15H2,1H3. The van der Waals surface area contributed by atoms with E-state index >= 15 is 0 Å². The summed E-state index contributed by atoms with van der Waals surface area (Å²) in [5, 5.41) is 9.73. The number of aliphatic hydroxyl groups excluding tert-OH is 1. The smallest absolute Gasteiger partial charge is 0.332 e. The molecule has 0 unspecified atom stereocenters. The summed E-state index contributed by atoms with van der Waals surface area (Å²) in [4.78, 5) is 30.6. The van der Waals surface area contributed by atoms with E-state index in [9.17, 15) is 14.7 Å². The van der Waals surface area contributed by atoms with Gasteiger partial charge in [0.25, 0.3) is 5.56 Å². The number of ether oxygens (including phenoxy) is 1. The van der Waals surface area contributed by atoms with Gasteiger partial charge in [0.15, 0.2) is 11.2 Å². The molecular formula is C23H23ClN4O4. The molecule has 4 rings (SSSR count). The van der Waals surface area contributed by atoms with E-state index in [1.54, 1.807) is 35.9 Å². The Kier molecular flexibility index (Phi) is 6.43. The predicted molar refractivity (Wildman–Crippen MR) is 122 cm³/mol. The first kappa shape index (κ1) is 21.9. The third-order valence-electron chi connectivity index (χ3n) is 5.20. The van der Waals surface area contributed by atoms with Crippen molar-refractivity contribution in [1.82, 2.24) is 18.7 Å². The number of imidazole rings is 1. The first-order valence-corrected chi connectivity index (χ1v) is 10.6. The van der Waals surface area contributed by atoms with Crippen LogP contribution in [0.25, 0.3) is 11.2 Å². The van der Waals surface area contributed by atoms with E-state index in [2.05, 4.69) is 4.98 Å². The van der Waals surface area contributed by atoms with Crippen LogP contribution in [0.2, 0.25) is 5.02 Å². The second-order valence-electron chi connectivity index (χ2n) is 7.39. The lowest BCUT2D eigenvalue weighted by atomic mass is 10.2. The summed E-state index contributed by atoms with van der Waals surface area (Å²) in [5.74, 6) is 1.08. The van der Waals surface area contributed by atoms with Crippen molar-refractivity contribution in [2.45, 2.75) is 26.1 Å². The Hall–Kier alpha value is -3.36. The third kappa shape index (κ3) is 4.32. The van der Waals surface area contributed by atoms with E-state index in [-0.39, 0.29) is 19.8 Å². The monoisotopic (exact) mass is 454 g/mol. The van der Waals surface area contributed by atoms with Crippen molar-refractivity contribution in [3.63, 3.8) is 0 Å². The molecule has 0 aliphatic heterocycles. The van der Waals surface area contributed by atoms with E-state index < -0.39 is 11.2 Å². The Labute approximate surface area is 188 Å². The highest BCUT2D eigenvalue weighted by Gasteiger charge is 2.20. The van der Waals surface area contributed by atoms with E-state index in [0.717, 1.165) is 10.1 Å². The molecule has 0 fully saturated rings. The Morgan fingerprint density at radius 3 is 2.56 bits per heavy atom. The minimum Gasteiger partial charge on any atom is -0.486 e. The number of hydrogen-bond donors (Lipinski definition) is 1. The topological polar surface area (TPSA) is 91.3 Å². The van der Waals surface area contributed by atoms with Gasteiger partial charge in [0, 0.05) is 31.8 Å². The first-order valence-electron chi connectivity index (χ1n) is 10.2. The van der Waals surface area contributed by atoms with Crippen molar-refractivity contribution in [3.05, 3.63) is 91.8 Å². The summed E-state index contributed by atoms with van der Waals surface area (Å²) >= 11 is 6.05. The normalized spacial score (nSPS) is 11.2. The molecule has 0 saturated heterocycles. The van der Waals surface area contributed by atoms with Gasteiger partial charge in [0.2, 0.25) is 0 Å². The lowest BCUT2D eigenvalue weighted by Crippen LogP contribution is -2.40. The maximum Gasteiger partial charge on any atom is 0.332 e. The first-order chi connectivity index (χ1) is 15.5. The molecule has 4 aromatic rings. The minimum atomic E-state index is -0.470. The van der Waals surface area contributed by atoms with Crippen molar-refractivity contribution in [1.29, 1.82) is 0 Å². The molecule has 0 amide bonds. The molecule has 2 aromatic carbocycles. The number of aliphatic hydroxyl groups is 1. The summed E-state index contributed by atoms with van der Waals surface area (Å²) in [6.07, 6.45) is 0.304. The number of rotatable bonds is 8. The molecule has 8 nitrogen and oxygen atoms in total. The molecule has 0 bridgehead atoms. The summed E-state index contributed by atoms with van der Waals surface area (Å²) in [5.41, 5.74) is 0.682. The fraction of sp³-hybridized carbons (Fsp3) is 0.261. The number of aryl methyl sites for hydroxylation is 1. The van der Waals surface area contributed by atoms with Crippen LogP contribution in [0, 0.1) is 0 Å². The average molecular weight is 455 g/mol. The number of nitrogens with zero attached hydrogens (tertiary/aromatic N) is 4. The molecule has 166 valence electrons. The second-order valence-corrected chi connectivity index (χ2v) is 7.83. The van der Waals surface area contributed by atoms with Gasteiger partial charge >= 0.3 is 5.69 Å². The quantitative estimate of drug-likeness (QED) is 0.442. The van der Waals surface area contributed by atoms with Crippen LogP contribution in [-0.2, 0) is 26.7 Å². The SMILES string of the molecule is Cn1c(=O)n(CCCO)c(=O)c2c1nc(COc1cccc(Cl)c1)n2Cc1ccccc1. The maximum absolute atomic E-state index is 13.3. The number of benzene rings is 2. The largest absolute Gasteiger partial charge is 0.486 e. The van der Waals surface area contributed by atoms with Crippen LogP contribution in [0.4, 0.5) is 0 Å². The average Bonchev–Trinajstić information content (AvgIpc) is 3.15. The summed E-state index contributed by atoms with van der Waals surface area (Å²) < 4.78 is 10.2. The van der Waals surface area contributed by atoms with Crippen LogP contribution in [0.1, 0.15) is 17.8 Å². The highest BCUT2D eigenvalue weighted by molar-refractivity contribution is 6.30. The van der Waals surface area contributed by atoms with Crippen LogP contribution in [0.3, 0.4) is 0 Å². The number of fused-ring (bicyclic) bond motifs is 1. The van der Waals surface area contributed by atoms with E-state index in [1.807, 2.05) is 30.3 Å². The van der Waals surface area contributed by atoms with E-state index in [0.29, 0.717) is 40.7 Å². The van der Waals surface area contributed by atoms with Gasteiger partial charge < -0.3 is 14.4 Å². The van der Waals surface area contributed by atoms with Crippen LogP contribution >= 0.6 is 11.6 Å². The lowest BCUT2D eigenvalue weighted by Gasteiger charge is -2.12. The van der Waals surface area contributed by atoms with Crippen molar-refractivity contribution >= 4 is 22.8 Å². The molecule has 0 radical (unpaired) electrons. The fourth-order valence-electron chi connectivity index (χ4n) is 3.59. The Morgan fingerprint density at radius 1 is 1.06 bits per heavy atom. The molecule has 32 heavy (non-hydrogen) atoms. The van der Waals surface area contributed by atoms with Gasteiger partial charge in [-0.1, -0.05) is 48.0 Å². The van der Waals surface area contributed by atoms with Crippen LogP contribution in [0.5, 0.6) is 5.75 Å². The number of hydrogen-bond acceptors (Lipinski definition) is 5. The van der Waals surface area contributed by atoms with Crippen LogP contribution < -0.4 is 16.0 Å². The summed E-state index contributed by atoms with van der Waals surface area (Å²) in [6, 6.07) is 16.7. The highest BCUT2D eigenvalue weighted by atomic mass is 35.5. The molecule has 1 N–H and O–H groups in total. The predicted octanol–water partition coefficient (Wildman–Crippen LogP) is 2.56. The zero-order valence-electron chi connectivity index (χ0n) is 17.6. The van der Waals surface area contributed by atoms with Gasteiger partial charge in [-0.15, -0.1) is 0 Å². The number of halogens is 1. The second kappa shape index (κ2) is 9.42. The fourth-order valence-corrected chi connectivity index (χ4v) is 3.77. The molecule has 0 spiro atoms. The van der Waals surface area contributed by atoms with Gasteiger partial charge in [0.05, 0.1) is 0 Å².